The number of amides is 2. The molecular formula is C55H88N12O2. The molecular weight excluding hydrogens is 861 g/mol. The summed E-state index contributed by atoms with van der Waals surface area (Å²) in [6, 6.07) is 8.02. The maximum atomic E-state index is 13.0. The lowest BCUT2D eigenvalue weighted by Gasteiger charge is -2.32. The van der Waals surface area contributed by atoms with Crippen molar-refractivity contribution in [2.75, 3.05) is 99.0 Å². The Labute approximate surface area is 415 Å². The number of aromatic nitrogens is 2. The second kappa shape index (κ2) is 31.2. The summed E-state index contributed by atoms with van der Waals surface area (Å²) in [5.74, 6) is 2.57. The van der Waals surface area contributed by atoms with Gasteiger partial charge >= 0.3 is 0 Å². The number of pyridine rings is 2. The summed E-state index contributed by atoms with van der Waals surface area (Å²) >= 11 is 0. The zero-order valence-electron chi connectivity index (χ0n) is 42.4. The molecule has 14 nitrogen and oxygen atoms in total. The smallest absolute Gasteiger partial charge is 0.270 e. The van der Waals surface area contributed by atoms with Gasteiger partial charge in [-0.15, -0.1) is 19.7 Å². The van der Waals surface area contributed by atoms with Crippen molar-refractivity contribution >= 4 is 46.5 Å². The van der Waals surface area contributed by atoms with Gasteiger partial charge in [0.2, 0.25) is 0 Å². The van der Waals surface area contributed by atoms with Gasteiger partial charge < -0.3 is 36.0 Å². The Balaban J connectivity index is 0.000000258. The summed E-state index contributed by atoms with van der Waals surface area (Å²) in [4.78, 5) is 45.3. The third-order valence-electron chi connectivity index (χ3n) is 13.9. The van der Waals surface area contributed by atoms with Gasteiger partial charge in [-0.3, -0.25) is 25.3 Å². The molecule has 4 aliphatic rings. The molecule has 4 aliphatic heterocycles. The van der Waals surface area contributed by atoms with Gasteiger partial charge in [0.15, 0.2) is 0 Å². The molecule has 2 aromatic rings. The van der Waals surface area contributed by atoms with Crippen LogP contribution in [0.3, 0.4) is 0 Å². The summed E-state index contributed by atoms with van der Waals surface area (Å²) in [6.45, 7) is 25.1. The number of carbonyl (C=O) groups excluding carboxylic acids is 2. The molecule has 0 aliphatic carbocycles. The molecule has 6 heterocycles. The first-order valence-corrected chi connectivity index (χ1v) is 26.8. The number of carbonyl (C=O) groups is 2. The molecule has 0 unspecified atom stereocenters. The number of anilines is 4. The van der Waals surface area contributed by atoms with E-state index in [0.29, 0.717) is 22.8 Å². The van der Waals surface area contributed by atoms with Crippen molar-refractivity contribution in [3.8, 4) is 0 Å². The number of unbranched alkanes of at least 4 members (excludes halogenated alkanes) is 5. The van der Waals surface area contributed by atoms with Crippen LogP contribution in [0.5, 0.6) is 0 Å². The van der Waals surface area contributed by atoms with Gasteiger partial charge in [-0.05, 0) is 127 Å². The number of likely N-dealkylation sites (tertiary alicyclic amines) is 2. The first kappa shape index (κ1) is 54.9. The van der Waals surface area contributed by atoms with Crippen molar-refractivity contribution in [1.82, 2.24) is 30.4 Å². The van der Waals surface area contributed by atoms with Crippen molar-refractivity contribution in [3.63, 3.8) is 0 Å². The van der Waals surface area contributed by atoms with Gasteiger partial charge in [0.1, 0.15) is 34.7 Å². The van der Waals surface area contributed by atoms with Crippen LogP contribution in [0.15, 0.2) is 62.2 Å². The highest BCUT2D eigenvalue weighted by atomic mass is 16.2. The van der Waals surface area contributed by atoms with Crippen molar-refractivity contribution in [3.05, 3.63) is 73.4 Å². The Morgan fingerprint density at radius 2 is 1.00 bits per heavy atom. The first-order chi connectivity index (χ1) is 33.7. The van der Waals surface area contributed by atoms with E-state index in [1.165, 1.54) is 51.4 Å². The normalized spacial score (nSPS) is 17.6. The van der Waals surface area contributed by atoms with E-state index in [9.17, 15) is 9.59 Å². The number of piperidine rings is 2. The van der Waals surface area contributed by atoms with Crippen molar-refractivity contribution < 1.29 is 9.59 Å². The van der Waals surface area contributed by atoms with Crippen LogP contribution in [0.25, 0.3) is 0 Å². The molecule has 0 spiro atoms. The van der Waals surface area contributed by atoms with Crippen LogP contribution >= 0.6 is 0 Å². The van der Waals surface area contributed by atoms with Crippen LogP contribution in [0.4, 0.5) is 23.3 Å². The number of nitrogens with zero attached hydrogens (tertiary/aromatic N) is 6. The second-order valence-electron chi connectivity index (χ2n) is 19.4. The predicted octanol–water partition coefficient (Wildman–Crippen LogP) is 9.34. The van der Waals surface area contributed by atoms with E-state index < -0.39 is 0 Å². The zero-order chi connectivity index (χ0) is 49.1. The lowest BCUT2D eigenvalue weighted by atomic mass is 10.0. The molecule has 0 aromatic carbocycles. The van der Waals surface area contributed by atoms with Gasteiger partial charge in [0.05, 0.1) is 0 Å². The minimum atomic E-state index is -0.318. The predicted molar refractivity (Wildman–Crippen MR) is 289 cm³/mol. The Kier molecular flexibility index (Phi) is 24.8. The second-order valence-corrected chi connectivity index (χ2v) is 19.4. The molecule has 2 amide bonds. The molecule has 69 heavy (non-hydrogen) atoms. The van der Waals surface area contributed by atoms with E-state index in [-0.39, 0.29) is 35.3 Å². The van der Waals surface area contributed by atoms with Gasteiger partial charge in [0, 0.05) is 95.2 Å². The highest BCUT2D eigenvalue weighted by Crippen LogP contribution is 2.25. The lowest BCUT2D eigenvalue weighted by molar-refractivity contribution is -0.116. The average Bonchev–Trinajstić information content (AvgIpc) is 3.83. The van der Waals surface area contributed by atoms with Gasteiger partial charge in [0.25, 0.3) is 11.8 Å². The number of rotatable bonds is 25. The molecule has 0 bridgehead atoms. The fraction of sp³-hybridized carbons (Fsp3) is 0.636. The minimum Gasteiger partial charge on any atom is -0.369 e. The number of hydrogen-bond acceptors (Lipinski definition) is 12. The van der Waals surface area contributed by atoms with E-state index in [0.717, 1.165) is 167 Å². The summed E-state index contributed by atoms with van der Waals surface area (Å²) < 4.78 is 0. The maximum absolute atomic E-state index is 13.0. The number of nitrogens with one attached hydrogen (secondary N) is 6. The molecule has 6 rings (SSSR count). The molecule has 2 aromatic heterocycles. The molecule has 4 fully saturated rings. The zero-order valence-corrected chi connectivity index (χ0v) is 42.4. The van der Waals surface area contributed by atoms with Crippen LogP contribution in [0, 0.1) is 10.8 Å². The number of hydrogen-bond donors (Lipinski definition) is 6. The van der Waals surface area contributed by atoms with Crippen LogP contribution in [0.2, 0.25) is 0 Å². The summed E-state index contributed by atoms with van der Waals surface area (Å²) in [5.41, 5.74) is 1.15. The lowest BCUT2D eigenvalue weighted by Crippen LogP contribution is -2.46. The Bertz CT molecular complexity index is 1910. The fourth-order valence-corrected chi connectivity index (χ4v) is 9.76. The Morgan fingerprint density at radius 1 is 0.580 bits per heavy atom. The van der Waals surface area contributed by atoms with Crippen LogP contribution < -0.4 is 31.1 Å². The Hall–Kier alpha value is -5.08. The Morgan fingerprint density at radius 3 is 1.42 bits per heavy atom. The third-order valence-corrected chi connectivity index (χ3v) is 13.9. The largest absolute Gasteiger partial charge is 0.369 e. The number of allylic oxidation sites excluding steroid dienone is 2. The molecule has 4 saturated heterocycles. The fourth-order valence-electron chi connectivity index (χ4n) is 9.76. The maximum Gasteiger partial charge on any atom is 0.270 e. The van der Waals surface area contributed by atoms with Crippen LogP contribution in [-0.2, 0) is 9.59 Å². The summed E-state index contributed by atoms with van der Waals surface area (Å²) in [5, 5.41) is 30.4. The van der Waals surface area contributed by atoms with Crippen molar-refractivity contribution in [2.45, 2.75) is 147 Å². The summed E-state index contributed by atoms with van der Waals surface area (Å²) in [6.07, 6.45) is 27.8. The van der Waals surface area contributed by atoms with E-state index in [1.54, 1.807) is 0 Å². The third kappa shape index (κ3) is 18.6. The molecule has 380 valence electrons. The van der Waals surface area contributed by atoms with Crippen LogP contribution in [-0.4, -0.2) is 134 Å². The SMILES string of the molecule is C=CCCCCCNc1nc(N2CCCCCC2)ccc1C(=N)C(=O)NC1CCN(CCC)CC1.C=CCCCCNc1nc(N2CCCCCC2)ccc1C(=N)C(=O)NC1CCN(CC=C)CC1. The van der Waals surface area contributed by atoms with Crippen molar-refractivity contribution in [2.24, 2.45) is 0 Å². The quantitative estimate of drug-likeness (QED) is 0.0321. The monoisotopic (exact) mass is 949 g/mol. The summed E-state index contributed by atoms with van der Waals surface area (Å²) in [7, 11) is 0. The standard InChI is InChI=1S/C28H46N6O.C27H42N6O/c1-3-5-6-7-10-17-30-27-24(13-14-25(32-27)34-19-11-8-9-12-20-34)26(29)28(35)31-23-15-21-33(18-4-2)22-16-23;1-3-5-6-9-16-29-26-23(12-13-24(31-26)33-18-10-7-8-11-19-33)25(28)27(34)30-22-14-20-32(17-4-2)21-15-22/h3,13-14,23,29H,1,4-12,15-22H2,2H3,(H,30,32)(H,31,35);3-4,12-13,22,28H,1-2,5-11,14-21H2,(H,29,31)(H,30,34). The molecule has 0 atom stereocenters. The van der Waals surface area contributed by atoms with Gasteiger partial charge in [-0.2, -0.15) is 0 Å². The minimum absolute atomic E-state index is 0.00469. The topological polar surface area (TPSA) is 169 Å². The van der Waals surface area contributed by atoms with Crippen molar-refractivity contribution in [1.29, 1.82) is 10.8 Å². The van der Waals surface area contributed by atoms with Gasteiger partial charge in [-0.25, -0.2) is 9.97 Å². The van der Waals surface area contributed by atoms with Crippen LogP contribution in [0.1, 0.15) is 146 Å². The molecule has 6 N–H and O–H groups in total. The molecule has 0 saturated carbocycles. The average molecular weight is 949 g/mol. The van der Waals surface area contributed by atoms with E-state index in [4.69, 9.17) is 20.8 Å². The van der Waals surface area contributed by atoms with E-state index in [1.807, 2.05) is 42.5 Å². The highest BCUT2D eigenvalue weighted by Gasteiger charge is 2.26. The first-order valence-electron chi connectivity index (χ1n) is 26.8. The van der Waals surface area contributed by atoms with Gasteiger partial charge in [-0.1, -0.05) is 57.3 Å². The highest BCUT2D eigenvalue weighted by molar-refractivity contribution is 6.45. The molecule has 0 radical (unpaired) electrons. The van der Waals surface area contributed by atoms with E-state index >= 15 is 0 Å². The molecule has 14 heteroatoms. The van der Waals surface area contributed by atoms with E-state index in [2.05, 4.69) is 67.5 Å².